The first-order valence-electron chi connectivity index (χ1n) is 12.8. The number of hydrogen-bond donors (Lipinski definition) is 2. The summed E-state index contributed by atoms with van der Waals surface area (Å²) >= 11 is 0. The van der Waals surface area contributed by atoms with Crippen LogP contribution >= 0.6 is 0 Å². The zero-order valence-electron chi connectivity index (χ0n) is 23.5. The third-order valence-corrected chi connectivity index (χ3v) is 7.69. The number of hydrogen-bond acceptors (Lipinski definition) is 8. The van der Waals surface area contributed by atoms with E-state index in [1.165, 1.54) is 25.3 Å². The number of amides is 4. The lowest BCUT2D eigenvalue weighted by Crippen LogP contribution is -2.40. The third kappa shape index (κ3) is 6.61. The Morgan fingerprint density at radius 1 is 1.05 bits per heavy atom. The van der Waals surface area contributed by atoms with Crippen molar-refractivity contribution >= 4 is 39.2 Å². The number of fused-ring (bicyclic) bond motifs is 1. The van der Waals surface area contributed by atoms with Gasteiger partial charge in [0.1, 0.15) is 9.84 Å². The van der Waals surface area contributed by atoms with Crippen molar-refractivity contribution in [2.24, 2.45) is 5.41 Å². The Hall–Kier alpha value is -3.93. The van der Waals surface area contributed by atoms with E-state index in [4.69, 9.17) is 9.47 Å². The fraction of sp³-hybridized carbons (Fsp3) is 0.429. The number of imide groups is 1. The number of carbonyl (C=O) groups excluding carboxylic acids is 4. The number of nitrogens with one attached hydrogen (secondary N) is 2. The third-order valence-electron chi connectivity index (χ3n) is 6.77. The molecule has 0 saturated carbocycles. The van der Waals surface area contributed by atoms with Gasteiger partial charge in [-0.25, -0.2) is 8.42 Å². The maximum Gasteiger partial charge on any atom is 0.264 e. The molecule has 40 heavy (non-hydrogen) atoms. The fourth-order valence-corrected chi connectivity index (χ4v) is 5.14. The molecule has 1 aliphatic rings. The Labute approximate surface area is 234 Å². The molecule has 1 aliphatic heterocycles. The van der Waals surface area contributed by atoms with Gasteiger partial charge in [-0.2, -0.15) is 0 Å². The summed E-state index contributed by atoms with van der Waals surface area (Å²) in [4.78, 5) is 53.1. The van der Waals surface area contributed by atoms with E-state index in [1.807, 2.05) is 6.92 Å². The molecular weight excluding hydrogens is 538 g/mol. The summed E-state index contributed by atoms with van der Waals surface area (Å²) < 4.78 is 35.8. The van der Waals surface area contributed by atoms with E-state index in [-0.39, 0.29) is 29.3 Å². The summed E-state index contributed by atoms with van der Waals surface area (Å²) in [6.07, 6.45) is 1.60. The highest BCUT2D eigenvalue weighted by Crippen LogP contribution is 2.38. The lowest BCUT2D eigenvalue weighted by molar-refractivity contribution is -0.131. The molecule has 0 unspecified atom stereocenters. The molecule has 0 bridgehead atoms. The summed E-state index contributed by atoms with van der Waals surface area (Å²) in [5.74, 6) is -2.13. The molecule has 0 aromatic heterocycles. The standard InChI is InChI=1S/C28H35N3O8S/c1-7-28(3,4)27(35)29-15-23(32)30-19-11-9-10-18-24(19)26(34)31(25(18)33)20(16-40(6,36)37)17-12-13-21(38-5)22(14-17)39-8-2/h9-14,20H,7-8,15-16H2,1-6H3,(H,29,35)(H,30,32)/t20-/m1/s1. The minimum Gasteiger partial charge on any atom is -0.493 e. The number of sulfone groups is 1. The summed E-state index contributed by atoms with van der Waals surface area (Å²) in [5, 5.41) is 5.18. The van der Waals surface area contributed by atoms with Crippen molar-refractivity contribution in [3.05, 3.63) is 53.1 Å². The zero-order chi connectivity index (χ0) is 29.8. The monoisotopic (exact) mass is 573 g/mol. The van der Waals surface area contributed by atoms with Crippen LogP contribution in [0.4, 0.5) is 5.69 Å². The Morgan fingerprint density at radius 2 is 1.75 bits per heavy atom. The van der Waals surface area contributed by atoms with Crippen LogP contribution in [0.5, 0.6) is 11.5 Å². The Morgan fingerprint density at radius 3 is 2.35 bits per heavy atom. The van der Waals surface area contributed by atoms with Gasteiger partial charge in [-0.1, -0.05) is 32.9 Å². The van der Waals surface area contributed by atoms with Crippen molar-refractivity contribution in [2.45, 2.75) is 40.2 Å². The predicted octanol–water partition coefficient (Wildman–Crippen LogP) is 2.97. The van der Waals surface area contributed by atoms with E-state index in [2.05, 4.69) is 10.6 Å². The molecule has 0 fully saturated rings. The second-order valence-electron chi connectivity index (χ2n) is 10.1. The minimum atomic E-state index is -3.67. The maximum atomic E-state index is 13.7. The van der Waals surface area contributed by atoms with Gasteiger partial charge >= 0.3 is 0 Å². The van der Waals surface area contributed by atoms with Crippen molar-refractivity contribution in [3.8, 4) is 11.5 Å². The average Bonchev–Trinajstić information content (AvgIpc) is 3.15. The molecule has 2 aromatic carbocycles. The smallest absolute Gasteiger partial charge is 0.264 e. The molecule has 0 radical (unpaired) electrons. The van der Waals surface area contributed by atoms with Crippen LogP contribution in [0.15, 0.2) is 36.4 Å². The molecule has 3 rings (SSSR count). The zero-order valence-corrected chi connectivity index (χ0v) is 24.3. The quantitative estimate of drug-likeness (QED) is 0.368. The van der Waals surface area contributed by atoms with Gasteiger partial charge in [0.05, 0.1) is 48.9 Å². The topological polar surface area (TPSA) is 148 Å². The van der Waals surface area contributed by atoms with Crippen molar-refractivity contribution in [1.29, 1.82) is 0 Å². The summed E-state index contributed by atoms with van der Waals surface area (Å²) in [6.45, 7) is 7.13. The van der Waals surface area contributed by atoms with Crippen LogP contribution in [0.1, 0.15) is 66.4 Å². The van der Waals surface area contributed by atoms with Gasteiger partial charge in [-0.3, -0.25) is 24.1 Å². The van der Waals surface area contributed by atoms with Crippen LogP contribution in [-0.2, 0) is 19.4 Å². The van der Waals surface area contributed by atoms with Crippen molar-refractivity contribution in [3.63, 3.8) is 0 Å². The highest BCUT2D eigenvalue weighted by Gasteiger charge is 2.43. The molecule has 1 heterocycles. The van der Waals surface area contributed by atoms with Crippen LogP contribution in [0.2, 0.25) is 0 Å². The number of anilines is 1. The van der Waals surface area contributed by atoms with Crippen LogP contribution in [0.25, 0.3) is 0 Å². The number of benzene rings is 2. The Balaban J connectivity index is 1.95. The van der Waals surface area contributed by atoms with E-state index >= 15 is 0 Å². The molecule has 2 N–H and O–H groups in total. The van der Waals surface area contributed by atoms with Crippen LogP contribution in [0.3, 0.4) is 0 Å². The minimum absolute atomic E-state index is 0.0241. The van der Waals surface area contributed by atoms with Gasteiger partial charge in [0.2, 0.25) is 11.8 Å². The van der Waals surface area contributed by atoms with Crippen molar-refractivity contribution in [2.75, 3.05) is 37.6 Å². The SMILES string of the molecule is CCOc1cc([C@@H](CS(C)(=O)=O)N2C(=O)c3cccc(NC(=O)CNC(=O)C(C)(C)CC)c3C2=O)ccc1OC. The normalized spacial score (nSPS) is 14.0. The first-order valence-corrected chi connectivity index (χ1v) is 14.9. The highest BCUT2D eigenvalue weighted by atomic mass is 32.2. The molecule has 0 aliphatic carbocycles. The molecular formula is C28H35N3O8S. The molecule has 12 heteroatoms. The van der Waals surface area contributed by atoms with Crippen molar-refractivity contribution < 1.29 is 37.1 Å². The molecule has 1 atom stereocenters. The first kappa shape index (κ1) is 30.6. The van der Waals surface area contributed by atoms with E-state index in [0.29, 0.717) is 30.1 Å². The summed E-state index contributed by atoms with van der Waals surface area (Å²) in [7, 11) is -2.21. The second kappa shape index (κ2) is 12.1. The molecule has 4 amide bonds. The van der Waals surface area contributed by atoms with Gasteiger partial charge in [-0.15, -0.1) is 0 Å². The van der Waals surface area contributed by atoms with Gasteiger partial charge < -0.3 is 20.1 Å². The second-order valence-corrected chi connectivity index (χ2v) is 12.3. The number of ether oxygens (including phenoxy) is 2. The number of methoxy groups -OCH3 is 1. The molecule has 216 valence electrons. The van der Waals surface area contributed by atoms with Gasteiger partial charge in [0.25, 0.3) is 11.8 Å². The van der Waals surface area contributed by atoms with E-state index in [1.54, 1.807) is 39.0 Å². The van der Waals surface area contributed by atoms with E-state index in [9.17, 15) is 27.6 Å². The Kier molecular flexibility index (Phi) is 9.24. The lowest BCUT2D eigenvalue weighted by Gasteiger charge is -2.27. The van der Waals surface area contributed by atoms with Gasteiger partial charge in [-0.05, 0) is 43.2 Å². The molecule has 11 nitrogen and oxygen atoms in total. The van der Waals surface area contributed by atoms with Crippen molar-refractivity contribution in [1.82, 2.24) is 10.2 Å². The summed E-state index contributed by atoms with van der Waals surface area (Å²) in [5.41, 5.74) is -0.254. The summed E-state index contributed by atoms with van der Waals surface area (Å²) in [6, 6.07) is 7.94. The lowest BCUT2D eigenvalue weighted by atomic mass is 9.89. The largest absolute Gasteiger partial charge is 0.493 e. The molecule has 0 saturated heterocycles. The van der Waals surface area contributed by atoms with Crippen LogP contribution in [-0.4, -0.2) is 69.2 Å². The first-order chi connectivity index (χ1) is 18.7. The number of nitrogens with zero attached hydrogens (tertiary/aromatic N) is 1. The average molecular weight is 574 g/mol. The maximum absolute atomic E-state index is 13.7. The fourth-order valence-electron chi connectivity index (χ4n) is 4.22. The van der Waals surface area contributed by atoms with Crippen LogP contribution < -0.4 is 20.1 Å². The van der Waals surface area contributed by atoms with E-state index < -0.39 is 44.8 Å². The van der Waals surface area contributed by atoms with Gasteiger partial charge in [0.15, 0.2) is 11.5 Å². The predicted molar refractivity (Wildman–Crippen MR) is 149 cm³/mol. The van der Waals surface area contributed by atoms with E-state index in [0.717, 1.165) is 11.2 Å². The highest BCUT2D eigenvalue weighted by molar-refractivity contribution is 7.90. The number of rotatable bonds is 12. The molecule has 0 spiro atoms. The van der Waals surface area contributed by atoms with Gasteiger partial charge in [0, 0.05) is 11.7 Å². The number of carbonyl (C=O) groups is 4. The Bertz CT molecular complexity index is 1440. The molecule has 2 aromatic rings. The van der Waals surface area contributed by atoms with Crippen LogP contribution in [0, 0.1) is 5.41 Å².